The van der Waals surface area contributed by atoms with E-state index in [1.807, 2.05) is 12.3 Å². The lowest BCUT2D eigenvalue weighted by molar-refractivity contribution is 0.263. The first kappa shape index (κ1) is 10.5. The van der Waals surface area contributed by atoms with Crippen LogP contribution in [0, 0.1) is 0 Å². The summed E-state index contributed by atoms with van der Waals surface area (Å²) in [6, 6.07) is 8.26. The van der Waals surface area contributed by atoms with Crippen molar-refractivity contribution in [2.24, 2.45) is 0 Å². The molecule has 3 nitrogen and oxygen atoms in total. The number of thioether (sulfide) groups is 1. The highest BCUT2D eigenvalue weighted by Gasteiger charge is 2.26. The fraction of sp³-hybridized carbons (Fsp3) is 0.154. The van der Waals surface area contributed by atoms with Crippen LogP contribution in [0.5, 0.6) is 0 Å². The molecule has 1 fully saturated rings. The number of rotatable bonds is 2. The summed E-state index contributed by atoms with van der Waals surface area (Å²) in [5.41, 5.74) is 3.20. The first-order chi connectivity index (χ1) is 8.24. The molecule has 3 rings (SSSR count). The zero-order valence-corrected chi connectivity index (χ0v) is 10.0. The Balaban J connectivity index is 1.92. The normalized spacial score (nSPS) is 19.9. The summed E-state index contributed by atoms with van der Waals surface area (Å²) < 4.78 is 0. The Morgan fingerprint density at radius 2 is 2.24 bits per heavy atom. The summed E-state index contributed by atoms with van der Waals surface area (Å²) in [4.78, 5) is 14.4. The molecule has 4 heteroatoms. The lowest BCUT2D eigenvalue weighted by Crippen LogP contribution is -2.13. The van der Waals surface area contributed by atoms with Gasteiger partial charge < -0.3 is 10.3 Å². The van der Waals surface area contributed by atoms with Gasteiger partial charge >= 0.3 is 0 Å². The molecule has 2 aromatic rings. The van der Waals surface area contributed by atoms with Crippen molar-refractivity contribution in [1.29, 1.82) is 0 Å². The van der Waals surface area contributed by atoms with E-state index < -0.39 is 0 Å². The average Bonchev–Trinajstić information content (AvgIpc) is 2.87. The highest BCUT2D eigenvalue weighted by atomic mass is 32.2. The van der Waals surface area contributed by atoms with Crippen LogP contribution in [0.25, 0.3) is 10.9 Å². The molecule has 1 saturated heterocycles. The van der Waals surface area contributed by atoms with Gasteiger partial charge in [0, 0.05) is 22.8 Å². The van der Waals surface area contributed by atoms with E-state index in [1.54, 1.807) is 0 Å². The third kappa shape index (κ3) is 1.85. The molecule has 1 unspecified atom stereocenters. The number of carbonyl (C=O) groups excluding carboxylic acids is 1. The summed E-state index contributed by atoms with van der Waals surface area (Å²) in [7, 11) is 0. The molecule has 0 saturated carbocycles. The smallest absolute Gasteiger partial charge is 0.283 e. The van der Waals surface area contributed by atoms with Crippen molar-refractivity contribution in [2.75, 3.05) is 0 Å². The first-order valence-electron chi connectivity index (χ1n) is 5.45. The highest BCUT2D eigenvalue weighted by molar-refractivity contribution is 8.14. The monoisotopic (exact) mass is 244 g/mol. The van der Waals surface area contributed by atoms with Gasteiger partial charge in [0.2, 0.25) is 0 Å². The van der Waals surface area contributed by atoms with Gasteiger partial charge in [0.05, 0.1) is 5.25 Å². The lowest BCUT2D eigenvalue weighted by atomic mass is 10.0. The van der Waals surface area contributed by atoms with E-state index in [1.165, 1.54) is 22.7 Å². The van der Waals surface area contributed by atoms with Crippen LogP contribution in [0.3, 0.4) is 0 Å². The van der Waals surface area contributed by atoms with E-state index in [-0.39, 0.29) is 10.5 Å². The Kier molecular flexibility index (Phi) is 2.44. The summed E-state index contributed by atoms with van der Waals surface area (Å²) in [6.07, 6.45) is 2.77. The predicted octanol–water partition coefficient (Wildman–Crippen LogP) is 3.05. The first-order valence-corrected chi connectivity index (χ1v) is 6.33. The van der Waals surface area contributed by atoms with Crippen LogP contribution in [-0.2, 0) is 6.42 Å². The Morgan fingerprint density at radius 1 is 1.35 bits per heavy atom. The van der Waals surface area contributed by atoms with Crippen molar-refractivity contribution < 1.29 is 4.79 Å². The van der Waals surface area contributed by atoms with Gasteiger partial charge in [0.15, 0.2) is 0 Å². The number of benzene rings is 1. The molecule has 2 N–H and O–H groups in total. The number of amides is 1. The largest absolute Gasteiger partial charge is 0.361 e. The maximum absolute atomic E-state index is 11.3. The summed E-state index contributed by atoms with van der Waals surface area (Å²) in [5, 5.41) is 4.12. The molecule has 1 atom stereocenters. The van der Waals surface area contributed by atoms with Crippen LogP contribution in [0.1, 0.15) is 5.56 Å². The zero-order chi connectivity index (χ0) is 11.8. The number of aromatic amines is 1. The molecule has 0 bridgehead atoms. The van der Waals surface area contributed by atoms with Gasteiger partial charge in [-0.15, -0.1) is 0 Å². The summed E-state index contributed by atoms with van der Waals surface area (Å²) in [6.45, 7) is 3.89. The maximum atomic E-state index is 11.3. The van der Waals surface area contributed by atoms with Crippen LogP contribution < -0.4 is 5.32 Å². The standard InChI is InChI=1S/C13H12N2OS/c1-8-12(17-13(16)15-8)7-9-3-2-4-11-10(9)5-6-14-11/h2-6,12,14H,1,7H2,(H,15,16). The maximum Gasteiger partial charge on any atom is 0.283 e. The van der Waals surface area contributed by atoms with Gasteiger partial charge in [-0.1, -0.05) is 30.5 Å². The summed E-state index contributed by atoms with van der Waals surface area (Å²) >= 11 is 1.32. The molecular formula is C13H12N2OS. The second-order valence-electron chi connectivity index (χ2n) is 4.10. The van der Waals surface area contributed by atoms with E-state index in [9.17, 15) is 4.79 Å². The van der Waals surface area contributed by atoms with E-state index in [4.69, 9.17) is 0 Å². The van der Waals surface area contributed by atoms with Gasteiger partial charge in [0.25, 0.3) is 5.24 Å². The molecule has 2 heterocycles. The third-order valence-electron chi connectivity index (χ3n) is 2.99. The Labute approximate surface area is 103 Å². The van der Waals surface area contributed by atoms with Crippen LogP contribution in [0.4, 0.5) is 4.79 Å². The minimum Gasteiger partial charge on any atom is -0.361 e. The van der Waals surface area contributed by atoms with Crippen LogP contribution >= 0.6 is 11.8 Å². The lowest BCUT2D eigenvalue weighted by Gasteiger charge is -2.09. The molecule has 0 spiro atoms. The fourth-order valence-electron chi connectivity index (χ4n) is 2.13. The second-order valence-corrected chi connectivity index (χ2v) is 5.28. The molecule has 0 aliphatic carbocycles. The Bertz CT molecular complexity index is 602. The minimum absolute atomic E-state index is 0.00115. The molecule has 0 radical (unpaired) electrons. The Hall–Kier alpha value is -1.68. The number of H-pyrrole nitrogens is 1. The van der Waals surface area contributed by atoms with Gasteiger partial charge in [0.1, 0.15) is 0 Å². The van der Waals surface area contributed by atoms with Gasteiger partial charge in [-0.05, 0) is 24.1 Å². The number of carbonyl (C=O) groups is 1. The molecule has 1 aliphatic heterocycles. The molecule has 1 aromatic carbocycles. The number of nitrogens with one attached hydrogen (secondary N) is 2. The quantitative estimate of drug-likeness (QED) is 0.852. The highest BCUT2D eigenvalue weighted by Crippen LogP contribution is 2.30. The van der Waals surface area contributed by atoms with E-state index in [0.717, 1.165) is 17.6 Å². The average molecular weight is 244 g/mol. The van der Waals surface area contributed by atoms with Gasteiger partial charge in [-0.25, -0.2) is 0 Å². The number of hydrogen-bond acceptors (Lipinski definition) is 2. The number of fused-ring (bicyclic) bond motifs is 1. The number of aromatic nitrogens is 1. The van der Waals surface area contributed by atoms with E-state index in [2.05, 4.69) is 35.1 Å². The van der Waals surface area contributed by atoms with Gasteiger partial charge in [-0.3, -0.25) is 4.79 Å². The van der Waals surface area contributed by atoms with E-state index >= 15 is 0 Å². The van der Waals surface area contributed by atoms with E-state index in [0.29, 0.717) is 0 Å². The van der Waals surface area contributed by atoms with Crippen molar-refractivity contribution in [2.45, 2.75) is 11.7 Å². The van der Waals surface area contributed by atoms with Crippen LogP contribution in [-0.4, -0.2) is 15.5 Å². The minimum atomic E-state index is 0.00115. The Morgan fingerprint density at radius 3 is 3.00 bits per heavy atom. The molecule has 17 heavy (non-hydrogen) atoms. The second kappa shape index (κ2) is 3.96. The SMILES string of the molecule is C=C1NC(=O)SC1Cc1cccc2[nH]ccc12. The van der Waals surface area contributed by atoms with Gasteiger partial charge in [-0.2, -0.15) is 0 Å². The number of hydrogen-bond donors (Lipinski definition) is 2. The van der Waals surface area contributed by atoms with Crippen molar-refractivity contribution >= 4 is 27.9 Å². The van der Waals surface area contributed by atoms with Crippen LogP contribution in [0.2, 0.25) is 0 Å². The molecule has 1 amide bonds. The van der Waals surface area contributed by atoms with Crippen molar-refractivity contribution in [3.63, 3.8) is 0 Å². The molecule has 1 aromatic heterocycles. The van der Waals surface area contributed by atoms with Crippen molar-refractivity contribution in [1.82, 2.24) is 10.3 Å². The van der Waals surface area contributed by atoms with Crippen molar-refractivity contribution in [3.05, 3.63) is 48.3 Å². The molecule has 86 valence electrons. The van der Waals surface area contributed by atoms with Crippen LogP contribution in [0.15, 0.2) is 42.7 Å². The predicted molar refractivity (Wildman–Crippen MR) is 71.1 cm³/mol. The summed E-state index contributed by atoms with van der Waals surface area (Å²) in [5.74, 6) is 0. The molecule has 1 aliphatic rings. The third-order valence-corrected chi connectivity index (χ3v) is 4.04. The zero-order valence-electron chi connectivity index (χ0n) is 9.19. The topological polar surface area (TPSA) is 44.9 Å². The molecular weight excluding hydrogens is 232 g/mol. The van der Waals surface area contributed by atoms with Crippen molar-refractivity contribution in [3.8, 4) is 0 Å². The fourth-order valence-corrected chi connectivity index (χ4v) is 3.05.